The predicted molar refractivity (Wildman–Crippen MR) is 76.6 cm³/mol. The highest BCUT2D eigenvalue weighted by Gasteiger charge is 2.42. The highest BCUT2D eigenvalue weighted by atomic mass is 16.5. The van der Waals surface area contributed by atoms with E-state index in [0.29, 0.717) is 0 Å². The molecule has 0 radical (unpaired) electrons. The van der Waals surface area contributed by atoms with Crippen molar-refractivity contribution in [3.8, 4) is 12.3 Å². The second kappa shape index (κ2) is 5.36. The van der Waals surface area contributed by atoms with Crippen molar-refractivity contribution in [2.45, 2.75) is 43.9 Å². The van der Waals surface area contributed by atoms with Crippen LogP contribution in [0.2, 0.25) is 0 Å². The lowest BCUT2D eigenvalue weighted by molar-refractivity contribution is -0.133. The number of hydrogen-bond donors (Lipinski definition) is 0. The highest BCUT2D eigenvalue weighted by Crippen LogP contribution is 2.37. The summed E-state index contributed by atoms with van der Waals surface area (Å²) in [6.07, 6.45) is 10.4. The van der Waals surface area contributed by atoms with Gasteiger partial charge in [0.05, 0.1) is 5.60 Å². The summed E-state index contributed by atoms with van der Waals surface area (Å²) in [6.45, 7) is 2.86. The molecule has 1 saturated heterocycles. The van der Waals surface area contributed by atoms with Gasteiger partial charge in [0.1, 0.15) is 6.10 Å². The van der Waals surface area contributed by atoms with Gasteiger partial charge in [-0.3, -0.25) is 4.90 Å². The molecule has 2 nitrogen and oxygen atoms in total. The van der Waals surface area contributed by atoms with E-state index in [2.05, 4.69) is 41.2 Å². The molecule has 2 fully saturated rings. The van der Waals surface area contributed by atoms with E-state index in [4.69, 9.17) is 11.2 Å². The molecule has 19 heavy (non-hydrogen) atoms. The first-order valence-electron chi connectivity index (χ1n) is 7.20. The van der Waals surface area contributed by atoms with Gasteiger partial charge >= 0.3 is 0 Å². The van der Waals surface area contributed by atoms with Crippen molar-refractivity contribution in [1.82, 2.24) is 4.90 Å². The molecular weight excluding hydrogens is 234 g/mol. The number of morpholine rings is 1. The first-order chi connectivity index (χ1) is 9.30. The number of rotatable bonds is 2. The molecule has 1 aliphatic carbocycles. The van der Waals surface area contributed by atoms with Gasteiger partial charge < -0.3 is 4.74 Å². The topological polar surface area (TPSA) is 12.5 Å². The van der Waals surface area contributed by atoms with Gasteiger partial charge in [0, 0.05) is 19.6 Å². The molecule has 0 unspecified atom stereocenters. The Morgan fingerprint density at radius 2 is 2.00 bits per heavy atom. The van der Waals surface area contributed by atoms with Crippen LogP contribution in [0, 0.1) is 12.3 Å². The zero-order chi connectivity index (χ0) is 13.1. The molecule has 2 heteroatoms. The molecule has 2 aliphatic rings. The van der Waals surface area contributed by atoms with Crippen molar-refractivity contribution in [2.24, 2.45) is 0 Å². The lowest BCUT2D eigenvalue weighted by atomic mass is 9.97. The van der Waals surface area contributed by atoms with Crippen LogP contribution < -0.4 is 0 Å². The first kappa shape index (κ1) is 12.7. The molecule has 1 spiro atoms. The minimum Gasteiger partial charge on any atom is -0.356 e. The second-order valence-electron chi connectivity index (χ2n) is 5.82. The van der Waals surface area contributed by atoms with E-state index in [0.717, 1.165) is 32.5 Å². The quantitative estimate of drug-likeness (QED) is 0.753. The van der Waals surface area contributed by atoms with E-state index in [-0.39, 0.29) is 11.7 Å². The molecule has 1 atom stereocenters. The summed E-state index contributed by atoms with van der Waals surface area (Å²) < 4.78 is 6.17. The van der Waals surface area contributed by atoms with Gasteiger partial charge in [-0.1, -0.05) is 49.1 Å². The van der Waals surface area contributed by atoms with Crippen molar-refractivity contribution in [1.29, 1.82) is 0 Å². The summed E-state index contributed by atoms with van der Waals surface area (Å²) in [5, 5.41) is 0. The normalized spacial score (nSPS) is 26.4. The van der Waals surface area contributed by atoms with Gasteiger partial charge in [-0.2, -0.15) is 0 Å². The van der Waals surface area contributed by atoms with Crippen LogP contribution >= 0.6 is 0 Å². The third-order valence-electron chi connectivity index (χ3n) is 4.28. The van der Waals surface area contributed by atoms with E-state index in [1.807, 2.05) is 0 Å². The van der Waals surface area contributed by atoms with Crippen LogP contribution in [-0.4, -0.2) is 29.7 Å². The molecule has 1 heterocycles. The minimum absolute atomic E-state index is 0.0318. The fourth-order valence-electron chi connectivity index (χ4n) is 3.43. The number of terminal acetylenes is 1. The number of nitrogens with zero attached hydrogens (tertiary/aromatic N) is 1. The van der Waals surface area contributed by atoms with Crippen LogP contribution in [0.25, 0.3) is 0 Å². The summed E-state index contributed by atoms with van der Waals surface area (Å²) in [7, 11) is 0. The molecule has 0 aromatic heterocycles. The summed E-state index contributed by atoms with van der Waals surface area (Å²) >= 11 is 0. The van der Waals surface area contributed by atoms with Gasteiger partial charge in [0.15, 0.2) is 0 Å². The van der Waals surface area contributed by atoms with Gasteiger partial charge in [0.2, 0.25) is 0 Å². The molecule has 0 N–H and O–H groups in total. The summed E-state index contributed by atoms with van der Waals surface area (Å²) in [5.74, 6) is 2.81. The molecule has 1 aliphatic heterocycles. The zero-order valence-electron chi connectivity index (χ0n) is 11.3. The third kappa shape index (κ3) is 2.83. The Balaban J connectivity index is 1.72. The van der Waals surface area contributed by atoms with Crippen LogP contribution in [0.1, 0.15) is 31.2 Å². The Labute approximate surface area is 115 Å². The highest BCUT2D eigenvalue weighted by molar-refractivity contribution is 5.15. The summed E-state index contributed by atoms with van der Waals surface area (Å²) in [6, 6.07) is 10.6. The third-order valence-corrected chi connectivity index (χ3v) is 4.28. The maximum absolute atomic E-state index is 6.17. The molecule has 0 amide bonds. The largest absolute Gasteiger partial charge is 0.356 e. The monoisotopic (exact) mass is 255 g/mol. The Hall–Kier alpha value is -1.30. The smallest absolute Gasteiger partial charge is 0.131 e. The standard InChI is InChI=1S/C17H21NO/c1-2-16-13-18(12-15-8-4-3-5-9-15)14-17(19-16)10-6-7-11-17/h1,3-5,8-9,16H,6-7,10-14H2/t16-/m1/s1. The molecule has 0 bridgehead atoms. The van der Waals surface area contributed by atoms with Crippen LogP contribution in [0.5, 0.6) is 0 Å². The van der Waals surface area contributed by atoms with Crippen LogP contribution in [0.15, 0.2) is 30.3 Å². The average Bonchev–Trinajstić information content (AvgIpc) is 2.87. The lowest BCUT2D eigenvalue weighted by Crippen LogP contribution is -2.53. The van der Waals surface area contributed by atoms with E-state index in [1.54, 1.807) is 0 Å². The number of benzene rings is 1. The van der Waals surface area contributed by atoms with Gasteiger partial charge in [-0.05, 0) is 18.4 Å². The SMILES string of the molecule is C#C[C@@H]1CN(Cc2ccccc2)CC2(CCCC2)O1. The van der Waals surface area contributed by atoms with Gasteiger partial charge in [-0.15, -0.1) is 6.42 Å². The van der Waals surface area contributed by atoms with Crippen molar-refractivity contribution in [3.05, 3.63) is 35.9 Å². The predicted octanol–water partition coefficient (Wildman–Crippen LogP) is 2.83. The van der Waals surface area contributed by atoms with Crippen molar-refractivity contribution >= 4 is 0 Å². The van der Waals surface area contributed by atoms with Crippen LogP contribution in [0.3, 0.4) is 0 Å². The van der Waals surface area contributed by atoms with Crippen molar-refractivity contribution < 1.29 is 4.74 Å². The Kier molecular flexibility index (Phi) is 3.59. The molecule has 3 rings (SSSR count). The summed E-state index contributed by atoms with van der Waals surface area (Å²) in [4.78, 5) is 2.47. The van der Waals surface area contributed by atoms with E-state index in [9.17, 15) is 0 Å². The Morgan fingerprint density at radius 3 is 2.68 bits per heavy atom. The van der Waals surface area contributed by atoms with E-state index in [1.165, 1.54) is 18.4 Å². The molecule has 100 valence electrons. The fourth-order valence-corrected chi connectivity index (χ4v) is 3.43. The fraction of sp³-hybridized carbons (Fsp3) is 0.529. The van der Waals surface area contributed by atoms with Gasteiger partial charge in [0.25, 0.3) is 0 Å². The van der Waals surface area contributed by atoms with E-state index < -0.39 is 0 Å². The van der Waals surface area contributed by atoms with Crippen LogP contribution in [-0.2, 0) is 11.3 Å². The molecular formula is C17H21NO. The molecule has 1 aromatic rings. The van der Waals surface area contributed by atoms with Gasteiger partial charge in [-0.25, -0.2) is 0 Å². The number of hydrogen-bond acceptors (Lipinski definition) is 2. The maximum Gasteiger partial charge on any atom is 0.131 e. The minimum atomic E-state index is -0.0458. The average molecular weight is 255 g/mol. The molecule has 1 aromatic carbocycles. The zero-order valence-corrected chi connectivity index (χ0v) is 11.3. The summed E-state index contributed by atoms with van der Waals surface area (Å²) in [5.41, 5.74) is 1.39. The Bertz CT molecular complexity index is 456. The maximum atomic E-state index is 6.17. The Morgan fingerprint density at radius 1 is 1.26 bits per heavy atom. The second-order valence-corrected chi connectivity index (χ2v) is 5.82. The van der Waals surface area contributed by atoms with Crippen LogP contribution in [0.4, 0.5) is 0 Å². The van der Waals surface area contributed by atoms with Crippen molar-refractivity contribution in [2.75, 3.05) is 13.1 Å². The lowest BCUT2D eigenvalue weighted by Gasteiger charge is -2.43. The van der Waals surface area contributed by atoms with E-state index >= 15 is 0 Å². The number of ether oxygens (including phenoxy) is 1. The van der Waals surface area contributed by atoms with Crippen molar-refractivity contribution in [3.63, 3.8) is 0 Å². The molecule has 1 saturated carbocycles. The first-order valence-corrected chi connectivity index (χ1v) is 7.20.